The summed E-state index contributed by atoms with van der Waals surface area (Å²) in [6.45, 7) is 0. The van der Waals surface area contributed by atoms with Gasteiger partial charge in [0, 0.05) is 12.5 Å². The lowest BCUT2D eigenvalue weighted by Crippen LogP contribution is -2.11. The molecule has 0 aliphatic rings. The smallest absolute Gasteiger partial charge is 0.346 e. The molecule has 0 heterocycles. The first-order valence-corrected chi connectivity index (χ1v) is 8.43. The van der Waals surface area contributed by atoms with E-state index < -0.39 is 17.8 Å². The summed E-state index contributed by atoms with van der Waals surface area (Å²) in [5, 5.41) is 0. The van der Waals surface area contributed by atoms with E-state index >= 15 is 0 Å². The molecule has 0 aromatic heterocycles. The highest BCUT2D eigenvalue weighted by Gasteiger charge is 2.14. The first-order valence-electron chi connectivity index (χ1n) is 8.43. The van der Waals surface area contributed by atoms with Gasteiger partial charge in [0.05, 0.1) is 5.56 Å². The Kier molecular flexibility index (Phi) is 5.94. The monoisotopic (exact) mass is 364 g/mol. The van der Waals surface area contributed by atoms with Gasteiger partial charge in [-0.25, -0.2) is 9.18 Å². The topological polar surface area (TPSA) is 52.6 Å². The molecule has 3 rings (SSSR count). The maximum atomic E-state index is 13.6. The third-order valence-corrected chi connectivity index (χ3v) is 3.80. The highest BCUT2D eigenvalue weighted by Crippen LogP contribution is 2.21. The van der Waals surface area contributed by atoms with Crippen molar-refractivity contribution in [1.29, 1.82) is 0 Å². The number of carbonyl (C=O) groups excluding carboxylic acids is 2. The van der Waals surface area contributed by atoms with E-state index in [1.165, 1.54) is 30.3 Å². The van der Waals surface area contributed by atoms with E-state index in [9.17, 15) is 14.0 Å². The van der Waals surface area contributed by atoms with Gasteiger partial charge < -0.3 is 9.47 Å². The molecule has 0 saturated carbocycles. The van der Waals surface area contributed by atoms with Crippen molar-refractivity contribution in [1.82, 2.24) is 0 Å². The number of hydrogen-bond acceptors (Lipinski definition) is 4. The van der Waals surface area contributed by atoms with Crippen molar-refractivity contribution in [3.63, 3.8) is 0 Å². The van der Waals surface area contributed by atoms with Crippen LogP contribution in [0.25, 0.3) is 0 Å². The highest BCUT2D eigenvalue weighted by atomic mass is 19.1. The summed E-state index contributed by atoms with van der Waals surface area (Å²) in [5.74, 6) is -1.45. The van der Waals surface area contributed by atoms with Crippen LogP contribution in [-0.2, 0) is 11.2 Å². The average Bonchev–Trinajstić information content (AvgIpc) is 2.68. The van der Waals surface area contributed by atoms with Crippen LogP contribution < -0.4 is 9.47 Å². The summed E-state index contributed by atoms with van der Waals surface area (Å²) < 4.78 is 24.1. The minimum Gasteiger partial charge on any atom is -0.426 e. The predicted molar refractivity (Wildman–Crippen MR) is 98.2 cm³/mol. The summed E-state index contributed by atoms with van der Waals surface area (Å²) in [7, 11) is 0. The molecule has 0 bridgehead atoms. The summed E-state index contributed by atoms with van der Waals surface area (Å²) in [5.41, 5.74) is 0.879. The molecule has 3 aromatic rings. The van der Waals surface area contributed by atoms with Gasteiger partial charge >= 0.3 is 11.9 Å². The molecule has 0 aliphatic heterocycles. The number of rotatable bonds is 6. The zero-order valence-corrected chi connectivity index (χ0v) is 14.4. The zero-order chi connectivity index (χ0) is 19.1. The van der Waals surface area contributed by atoms with Crippen molar-refractivity contribution in [3.8, 4) is 11.5 Å². The lowest BCUT2D eigenvalue weighted by atomic mass is 10.1. The molecule has 3 aromatic carbocycles. The lowest BCUT2D eigenvalue weighted by molar-refractivity contribution is -0.134. The number of carbonyl (C=O) groups is 2. The van der Waals surface area contributed by atoms with E-state index in [0.717, 1.165) is 5.56 Å². The van der Waals surface area contributed by atoms with Gasteiger partial charge in [0.15, 0.2) is 0 Å². The third kappa shape index (κ3) is 5.25. The van der Waals surface area contributed by atoms with E-state index in [-0.39, 0.29) is 23.5 Å². The summed E-state index contributed by atoms with van der Waals surface area (Å²) in [6.07, 6.45) is 0.797. The van der Waals surface area contributed by atoms with Crippen LogP contribution in [-0.4, -0.2) is 11.9 Å². The van der Waals surface area contributed by atoms with E-state index in [1.54, 1.807) is 18.2 Å². The molecule has 136 valence electrons. The Hall–Kier alpha value is -3.47. The number of esters is 2. The second-order valence-electron chi connectivity index (χ2n) is 5.80. The Bertz CT molecular complexity index is 938. The molecule has 0 radical (unpaired) electrons. The van der Waals surface area contributed by atoms with Gasteiger partial charge in [-0.05, 0) is 36.2 Å². The van der Waals surface area contributed by atoms with Gasteiger partial charge in [-0.15, -0.1) is 0 Å². The quantitative estimate of drug-likeness (QED) is 0.474. The van der Waals surface area contributed by atoms with Crippen molar-refractivity contribution in [3.05, 3.63) is 95.8 Å². The minimum atomic E-state index is -0.819. The van der Waals surface area contributed by atoms with Crippen LogP contribution in [0.5, 0.6) is 11.5 Å². The van der Waals surface area contributed by atoms with Crippen molar-refractivity contribution in [2.24, 2.45) is 0 Å². The molecule has 0 saturated heterocycles. The maximum Gasteiger partial charge on any atom is 0.346 e. The van der Waals surface area contributed by atoms with Gasteiger partial charge in [0.2, 0.25) is 0 Å². The molecule has 0 unspecified atom stereocenters. The number of hydrogen-bond donors (Lipinski definition) is 0. The second-order valence-corrected chi connectivity index (χ2v) is 5.80. The molecule has 0 fully saturated rings. The van der Waals surface area contributed by atoms with Gasteiger partial charge in [-0.3, -0.25) is 4.79 Å². The normalized spacial score (nSPS) is 10.3. The lowest BCUT2D eigenvalue weighted by Gasteiger charge is -2.08. The molecule has 0 amide bonds. The Morgan fingerprint density at radius 2 is 1.44 bits per heavy atom. The van der Waals surface area contributed by atoms with Crippen molar-refractivity contribution < 1.29 is 23.5 Å². The third-order valence-electron chi connectivity index (χ3n) is 3.80. The summed E-state index contributed by atoms with van der Waals surface area (Å²) in [4.78, 5) is 24.1. The summed E-state index contributed by atoms with van der Waals surface area (Å²) >= 11 is 0. The number of benzene rings is 3. The first-order chi connectivity index (χ1) is 13.1. The average molecular weight is 364 g/mol. The molecule has 4 nitrogen and oxygen atoms in total. The van der Waals surface area contributed by atoms with Gasteiger partial charge in [-0.2, -0.15) is 0 Å². The highest BCUT2D eigenvalue weighted by molar-refractivity contribution is 5.91. The zero-order valence-electron chi connectivity index (χ0n) is 14.4. The standard InChI is InChI=1S/C22H17FO4/c23-20-12-5-4-11-19(20)22(25)27-18-10-6-9-17(15-18)26-21(24)14-13-16-7-2-1-3-8-16/h1-12,15H,13-14H2. The van der Waals surface area contributed by atoms with Crippen molar-refractivity contribution in [2.75, 3.05) is 0 Å². The fraction of sp³-hybridized carbons (Fsp3) is 0.0909. The second kappa shape index (κ2) is 8.76. The van der Waals surface area contributed by atoms with E-state index in [1.807, 2.05) is 30.3 Å². The molecule has 0 spiro atoms. The van der Waals surface area contributed by atoms with Crippen molar-refractivity contribution in [2.45, 2.75) is 12.8 Å². The van der Waals surface area contributed by atoms with Crippen LogP contribution in [0.3, 0.4) is 0 Å². The molecule has 0 atom stereocenters. The minimum absolute atomic E-state index is 0.164. The van der Waals surface area contributed by atoms with Crippen LogP contribution in [0.1, 0.15) is 22.3 Å². The summed E-state index contributed by atoms with van der Waals surface area (Å²) in [6, 6.07) is 21.3. The molecule has 0 N–H and O–H groups in total. The van der Waals surface area contributed by atoms with Crippen LogP contribution in [0.4, 0.5) is 4.39 Å². The van der Waals surface area contributed by atoms with E-state index in [4.69, 9.17) is 9.47 Å². The Morgan fingerprint density at radius 3 is 2.19 bits per heavy atom. The number of ether oxygens (including phenoxy) is 2. The first kappa shape index (κ1) is 18.3. The van der Waals surface area contributed by atoms with Gasteiger partial charge in [-0.1, -0.05) is 48.5 Å². The number of aryl methyl sites for hydroxylation is 1. The van der Waals surface area contributed by atoms with Crippen LogP contribution in [0.15, 0.2) is 78.9 Å². The van der Waals surface area contributed by atoms with Crippen LogP contribution in [0.2, 0.25) is 0 Å². The number of halogens is 1. The largest absolute Gasteiger partial charge is 0.426 e. The van der Waals surface area contributed by atoms with Gasteiger partial charge in [0.1, 0.15) is 17.3 Å². The van der Waals surface area contributed by atoms with Crippen molar-refractivity contribution >= 4 is 11.9 Å². The Balaban J connectivity index is 1.59. The molecule has 27 heavy (non-hydrogen) atoms. The fourth-order valence-corrected chi connectivity index (χ4v) is 2.46. The molecule has 5 heteroatoms. The SMILES string of the molecule is O=C(CCc1ccccc1)Oc1cccc(OC(=O)c2ccccc2F)c1. The van der Waals surface area contributed by atoms with E-state index in [2.05, 4.69) is 0 Å². The molecular weight excluding hydrogens is 347 g/mol. The predicted octanol–water partition coefficient (Wildman–Crippen LogP) is 4.58. The molecular formula is C22H17FO4. The Labute approximate surface area is 156 Å². The molecule has 0 aliphatic carbocycles. The Morgan fingerprint density at radius 1 is 0.778 bits per heavy atom. The van der Waals surface area contributed by atoms with E-state index in [0.29, 0.717) is 6.42 Å². The fourth-order valence-electron chi connectivity index (χ4n) is 2.46. The van der Waals surface area contributed by atoms with Gasteiger partial charge in [0.25, 0.3) is 0 Å². The van der Waals surface area contributed by atoms with Crippen LogP contribution in [0, 0.1) is 5.82 Å². The van der Waals surface area contributed by atoms with Crippen LogP contribution >= 0.6 is 0 Å². The maximum absolute atomic E-state index is 13.6.